The second kappa shape index (κ2) is 4.70. The summed E-state index contributed by atoms with van der Waals surface area (Å²) < 4.78 is 5.24. The van der Waals surface area contributed by atoms with E-state index in [2.05, 4.69) is 4.90 Å². The third-order valence-corrected chi connectivity index (χ3v) is 3.21. The van der Waals surface area contributed by atoms with Gasteiger partial charge in [-0.15, -0.1) is 0 Å². The van der Waals surface area contributed by atoms with Crippen LogP contribution in [0.4, 0.5) is 0 Å². The molecule has 1 atom stereocenters. The normalized spacial score (nSPS) is 22.2. The number of likely N-dealkylation sites (tertiary alicyclic amines) is 1. The zero-order valence-corrected chi connectivity index (χ0v) is 9.48. The number of hydrogen-bond donors (Lipinski definition) is 1. The molecule has 1 N–H and O–H groups in total. The van der Waals surface area contributed by atoms with Crippen LogP contribution in [-0.2, 0) is 11.3 Å². The molecule has 1 aliphatic rings. The second-order valence-electron chi connectivity index (χ2n) is 4.41. The molecule has 4 nitrogen and oxygen atoms in total. The van der Waals surface area contributed by atoms with E-state index in [-0.39, 0.29) is 5.92 Å². The monoisotopic (exact) mass is 223 g/mol. The fraction of sp³-hybridized carbons (Fsp3) is 0.583. The Bertz CT molecular complexity index is 372. The summed E-state index contributed by atoms with van der Waals surface area (Å²) in [7, 11) is 0. The lowest BCUT2D eigenvalue weighted by atomic mass is 9.98. The number of carbonyl (C=O) groups is 1. The van der Waals surface area contributed by atoms with E-state index in [0.717, 1.165) is 37.3 Å². The van der Waals surface area contributed by atoms with Gasteiger partial charge in [-0.1, -0.05) is 0 Å². The minimum Gasteiger partial charge on any atom is -0.481 e. The van der Waals surface area contributed by atoms with E-state index < -0.39 is 5.97 Å². The molecule has 0 spiro atoms. The van der Waals surface area contributed by atoms with E-state index in [0.29, 0.717) is 6.54 Å². The Morgan fingerprint density at radius 2 is 2.50 bits per heavy atom. The lowest BCUT2D eigenvalue weighted by Crippen LogP contribution is -2.38. The van der Waals surface area contributed by atoms with Crippen LogP contribution in [0.15, 0.2) is 16.7 Å². The molecule has 1 saturated heterocycles. The zero-order chi connectivity index (χ0) is 11.5. The summed E-state index contributed by atoms with van der Waals surface area (Å²) in [5.74, 6) is 0.0482. The van der Waals surface area contributed by atoms with Crippen LogP contribution < -0.4 is 0 Å². The highest BCUT2D eigenvalue weighted by Crippen LogP contribution is 2.20. The summed E-state index contributed by atoms with van der Waals surface area (Å²) in [4.78, 5) is 13.1. The summed E-state index contributed by atoms with van der Waals surface area (Å²) in [6.07, 6.45) is 3.45. The summed E-state index contributed by atoms with van der Waals surface area (Å²) in [6.45, 7) is 4.37. The predicted molar refractivity (Wildman–Crippen MR) is 59.1 cm³/mol. The van der Waals surface area contributed by atoms with Gasteiger partial charge in [-0.25, -0.2) is 0 Å². The summed E-state index contributed by atoms with van der Waals surface area (Å²) in [5.41, 5.74) is 1.16. The van der Waals surface area contributed by atoms with Gasteiger partial charge in [-0.3, -0.25) is 9.69 Å². The predicted octanol–water partition coefficient (Wildman–Crippen LogP) is 1.88. The van der Waals surface area contributed by atoms with Crippen molar-refractivity contribution in [2.45, 2.75) is 26.3 Å². The number of carboxylic acids is 1. The van der Waals surface area contributed by atoms with Gasteiger partial charge in [0.1, 0.15) is 5.76 Å². The lowest BCUT2D eigenvalue weighted by molar-refractivity contribution is -0.143. The Morgan fingerprint density at radius 1 is 1.69 bits per heavy atom. The third-order valence-electron chi connectivity index (χ3n) is 3.21. The molecule has 1 aromatic rings. The maximum atomic E-state index is 10.9. The maximum absolute atomic E-state index is 10.9. The first-order valence-electron chi connectivity index (χ1n) is 5.65. The van der Waals surface area contributed by atoms with Crippen molar-refractivity contribution in [3.05, 3.63) is 23.7 Å². The fourth-order valence-electron chi connectivity index (χ4n) is 2.22. The summed E-state index contributed by atoms with van der Waals surface area (Å²) >= 11 is 0. The van der Waals surface area contributed by atoms with Gasteiger partial charge in [0.05, 0.1) is 12.2 Å². The standard InChI is InChI=1S/C12H17NO3/c1-9-10(4-6-16-9)7-13-5-2-3-11(8-13)12(14)15/h4,6,11H,2-3,5,7-8H2,1H3,(H,14,15)/t11-/m1/s1. The molecule has 1 aromatic heterocycles. The maximum Gasteiger partial charge on any atom is 0.307 e. The number of hydrogen-bond acceptors (Lipinski definition) is 3. The quantitative estimate of drug-likeness (QED) is 0.850. The molecule has 1 aliphatic heterocycles. The molecule has 0 aliphatic carbocycles. The first kappa shape index (κ1) is 11.2. The topological polar surface area (TPSA) is 53.7 Å². The van der Waals surface area contributed by atoms with E-state index in [1.807, 2.05) is 13.0 Å². The van der Waals surface area contributed by atoms with Gasteiger partial charge in [0.2, 0.25) is 0 Å². The largest absolute Gasteiger partial charge is 0.481 e. The fourth-order valence-corrected chi connectivity index (χ4v) is 2.22. The third kappa shape index (κ3) is 2.44. The summed E-state index contributed by atoms with van der Waals surface area (Å²) in [6, 6.07) is 1.96. The molecule has 0 saturated carbocycles. The van der Waals surface area contributed by atoms with Crippen molar-refractivity contribution in [2.75, 3.05) is 13.1 Å². The van der Waals surface area contributed by atoms with Crippen LogP contribution in [0, 0.1) is 12.8 Å². The van der Waals surface area contributed by atoms with Crippen LogP contribution in [0.25, 0.3) is 0 Å². The number of furan rings is 1. The van der Waals surface area contributed by atoms with Crippen LogP contribution >= 0.6 is 0 Å². The van der Waals surface area contributed by atoms with Crippen molar-refractivity contribution >= 4 is 5.97 Å². The number of carboxylic acid groups (broad SMARTS) is 1. The molecule has 0 unspecified atom stereocenters. The highest BCUT2D eigenvalue weighted by molar-refractivity contribution is 5.70. The van der Waals surface area contributed by atoms with Gasteiger partial charge in [0, 0.05) is 18.7 Å². The number of nitrogens with zero attached hydrogens (tertiary/aromatic N) is 1. The molecule has 1 fully saturated rings. The molecule has 16 heavy (non-hydrogen) atoms. The molecule has 0 bridgehead atoms. The van der Waals surface area contributed by atoms with Gasteiger partial charge in [0.25, 0.3) is 0 Å². The van der Waals surface area contributed by atoms with Crippen molar-refractivity contribution in [3.63, 3.8) is 0 Å². The highest BCUT2D eigenvalue weighted by atomic mass is 16.4. The molecular weight excluding hydrogens is 206 g/mol. The van der Waals surface area contributed by atoms with Crippen LogP contribution in [0.3, 0.4) is 0 Å². The molecule has 0 radical (unpaired) electrons. The molecule has 0 aromatic carbocycles. The minimum absolute atomic E-state index is 0.207. The van der Waals surface area contributed by atoms with Crippen LogP contribution in [0.1, 0.15) is 24.2 Å². The van der Waals surface area contributed by atoms with Gasteiger partial charge in [-0.05, 0) is 32.4 Å². The van der Waals surface area contributed by atoms with E-state index in [9.17, 15) is 4.79 Å². The molecule has 0 amide bonds. The number of aryl methyl sites for hydroxylation is 1. The number of aliphatic carboxylic acids is 1. The van der Waals surface area contributed by atoms with Crippen molar-refractivity contribution in [1.82, 2.24) is 4.90 Å². The van der Waals surface area contributed by atoms with E-state index in [1.54, 1.807) is 6.26 Å². The number of piperidine rings is 1. The van der Waals surface area contributed by atoms with Gasteiger partial charge in [0.15, 0.2) is 0 Å². The Hall–Kier alpha value is -1.29. The van der Waals surface area contributed by atoms with Crippen molar-refractivity contribution in [2.24, 2.45) is 5.92 Å². The molecular formula is C12H17NO3. The Balaban J connectivity index is 1.95. The van der Waals surface area contributed by atoms with Crippen molar-refractivity contribution < 1.29 is 14.3 Å². The molecule has 88 valence electrons. The van der Waals surface area contributed by atoms with Crippen LogP contribution in [0.2, 0.25) is 0 Å². The Kier molecular flexibility index (Phi) is 3.29. The SMILES string of the molecule is Cc1occc1CN1CCC[C@@H](C(=O)O)C1. The van der Waals surface area contributed by atoms with Gasteiger partial charge >= 0.3 is 5.97 Å². The molecule has 4 heteroatoms. The number of rotatable bonds is 3. The molecule has 2 rings (SSSR count). The van der Waals surface area contributed by atoms with Crippen molar-refractivity contribution in [3.8, 4) is 0 Å². The van der Waals surface area contributed by atoms with Gasteiger partial charge < -0.3 is 9.52 Å². The van der Waals surface area contributed by atoms with Crippen LogP contribution in [-0.4, -0.2) is 29.1 Å². The Labute approximate surface area is 94.9 Å². The first-order valence-corrected chi connectivity index (χ1v) is 5.65. The van der Waals surface area contributed by atoms with E-state index in [1.165, 1.54) is 0 Å². The molecule has 2 heterocycles. The average molecular weight is 223 g/mol. The highest BCUT2D eigenvalue weighted by Gasteiger charge is 2.25. The zero-order valence-electron chi connectivity index (χ0n) is 9.48. The lowest BCUT2D eigenvalue weighted by Gasteiger charge is -2.30. The summed E-state index contributed by atoms with van der Waals surface area (Å²) in [5, 5.41) is 8.99. The first-order chi connectivity index (χ1) is 7.66. The van der Waals surface area contributed by atoms with E-state index >= 15 is 0 Å². The minimum atomic E-state index is -0.673. The van der Waals surface area contributed by atoms with Crippen molar-refractivity contribution in [1.29, 1.82) is 0 Å². The second-order valence-corrected chi connectivity index (χ2v) is 4.41. The van der Waals surface area contributed by atoms with Gasteiger partial charge in [-0.2, -0.15) is 0 Å². The van der Waals surface area contributed by atoms with E-state index in [4.69, 9.17) is 9.52 Å². The smallest absolute Gasteiger partial charge is 0.307 e. The van der Waals surface area contributed by atoms with Crippen LogP contribution in [0.5, 0.6) is 0 Å². The Morgan fingerprint density at radius 3 is 3.12 bits per heavy atom. The average Bonchev–Trinajstić information content (AvgIpc) is 2.65.